The molecule has 11 heavy (non-hydrogen) atoms. The van der Waals surface area contributed by atoms with Crippen LogP contribution in [0.5, 0.6) is 0 Å². The molecule has 0 saturated carbocycles. The molecule has 0 nitrogen and oxygen atoms in total. The maximum atomic E-state index is 5.11. The lowest BCUT2D eigenvalue weighted by molar-refractivity contribution is 1.29. The second-order valence-electron chi connectivity index (χ2n) is 1.05. The number of hydrogen-bond donors (Lipinski definition) is 0. The van der Waals surface area contributed by atoms with Crippen molar-refractivity contribution in [3.63, 3.8) is 0 Å². The summed E-state index contributed by atoms with van der Waals surface area (Å²) in [5, 5.41) is 0. The molecule has 0 bridgehead atoms. The van der Waals surface area contributed by atoms with Crippen LogP contribution >= 0.6 is 82.0 Å². The fourth-order valence-electron chi connectivity index (χ4n) is 0. The van der Waals surface area contributed by atoms with Gasteiger partial charge < -0.3 is 0 Å². The highest BCUT2D eigenvalue weighted by atomic mass is 35.5. The van der Waals surface area contributed by atoms with Gasteiger partial charge in [-0.1, -0.05) is 0 Å². The molecule has 0 unspecified atom stereocenters. The van der Waals surface area contributed by atoms with Gasteiger partial charge in [0.1, 0.15) is 9.67 Å². The quantitative estimate of drug-likeness (QED) is 0.660. The normalized spacial score (nSPS) is 8.73. The first kappa shape index (κ1) is 18.7. The minimum Gasteiger partial charge on any atom is -0.147 e. The predicted molar refractivity (Wildman–Crippen MR) is 59.7 cm³/mol. The van der Waals surface area contributed by atoms with Crippen LogP contribution < -0.4 is 0 Å². The Morgan fingerprint density at radius 1 is 0.727 bits per heavy atom. The lowest BCUT2D eigenvalue weighted by Crippen LogP contribution is -1.96. The molecule has 0 atom stereocenters. The van der Waals surface area contributed by atoms with E-state index in [0.29, 0.717) is 11.8 Å². The lowest BCUT2D eigenvalue weighted by atomic mass is 10.9. The third-order valence-electron chi connectivity index (χ3n) is 0.262. The highest BCUT2D eigenvalue weighted by Gasteiger charge is 2.06. The second kappa shape index (κ2) is 14.5. The Kier molecular flexibility index (Phi) is 24.8. The average Bonchev–Trinajstić information content (AvgIpc) is 1.89. The first-order chi connectivity index (χ1) is 4.56. The third-order valence-corrected chi connectivity index (χ3v) is 2.36. The van der Waals surface area contributed by atoms with E-state index < -0.39 is 9.67 Å². The van der Waals surface area contributed by atoms with Crippen molar-refractivity contribution in [2.24, 2.45) is 0 Å². The highest BCUT2D eigenvalue weighted by Crippen LogP contribution is 2.16. The largest absolute Gasteiger partial charge is 0.147 e. The van der Waals surface area contributed by atoms with E-state index in [1.807, 2.05) is 0 Å². The summed E-state index contributed by atoms with van der Waals surface area (Å²) in [4.78, 5) is -1.35. The smallest absolute Gasteiger partial charge is 0.137 e. The molecule has 0 heterocycles. The van der Waals surface area contributed by atoms with Crippen LogP contribution in [0.4, 0.5) is 0 Å². The van der Waals surface area contributed by atoms with Crippen LogP contribution in [-0.2, 0) is 0 Å². The van der Waals surface area contributed by atoms with Crippen LogP contribution in [0.15, 0.2) is 0 Å². The van der Waals surface area contributed by atoms with E-state index in [1.54, 1.807) is 0 Å². The summed E-state index contributed by atoms with van der Waals surface area (Å²) >= 11 is 30.6. The fraction of sp³-hybridized carbons (Fsp3) is 1.00. The van der Waals surface area contributed by atoms with Gasteiger partial charge in [-0.05, 0) is 0 Å². The Morgan fingerprint density at radius 2 is 0.909 bits per heavy atom. The fourth-order valence-corrected chi connectivity index (χ4v) is 0. The SMILES string of the molecule is Cl.ClC(Cl)C(Cl)Cl.ClCCCl. The number of hydrogen-bond acceptors (Lipinski definition) is 0. The summed E-state index contributed by atoms with van der Waals surface area (Å²) in [6, 6.07) is 0. The first-order valence-corrected chi connectivity index (χ1v) is 5.06. The van der Waals surface area contributed by atoms with Crippen molar-refractivity contribution in [2.45, 2.75) is 9.67 Å². The van der Waals surface area contributed by atoms with Gasteiger partial charge in [-0.3, -0.25) is 0 Å². The summed E-state index contributed by atoms with van der Waals surface area (Å²) in [5.74, 6) is 1.11. The molecule has 0 fully saturated rings. The minimum atomic E-state index is -0.673. The van der Waals surface area contributed by atoms with Crippen molar-refractivity contribution in [1.82, 2.24) is 0 Å². The van der Waals surface area contributed by atoms with E-state index in [4.69, 9.17) is 69.6 Å². The van der Waals surface area contributed by atoms with Crippen molar-refractivity contribution >= 4 is 82.0 Å². The molecule has 0 aromatic heterocycles. The Labute approximate surface area is 103 Å². The molecule has 0 radical (unpaired) electrons. The van der Waals surface area contributed by atoms with Crippen LogP contribution in [0.3, 0.4) is 0 Å². The zero-order valence-corrected chi connectivity index (χ0v) is 10.6. The van der Waals surface area contributed by atoms with Crippen LogP contribution in [0.1, 0.15) is 0 Å². The molecule has 0 aliphatic heterocycles. The van der Waals surface area contributed by atoms with Gasteiger partial charge >= 0.3 is 0 Å². The van der Waals surface area contributed by atoms with E-state index in [-0.39, 0.29) is 12.4 Å². The molecule has 0 aliphatic rings. The van der Waals surface area contributed by atoms with Gasteiger partial charge in [0.25, 0.3) is 0 Å². The average molecular weight is 303 g/mol. The summed E-state index contributed by atoms with van der Waals surface area (Å²) in [6.07, 6.45) is 0. The molecule has 0 aromatic rings. The van der Waals surface area contributed by atoms with E-state index in [9.17, 15) is 0 Å². The predicted octanol–water partition coefficient (Wildman–Crippen LogP) is 4.48. The second-order valence-corrected chi connectivity index (χ2v) is 4.13. The summed E-state index contributed by atoms with van der Waals surface area (Å²) in [7, 11) is 0. The van der Waals surface area contributed by atoms with E-state index in [2.05, 4.69) is 0 Å². The molecule has 7 heteroatoms. The van der Waals surface area contributed by atoms with E-state index in [1.165, 1.54) is 0 Å². The molecule has 72 valence electrons. The molecular weight excluding hydrogens is 296 g/mol. The third kappa shape index (κ3) is 24.5. The van der Waals surface area contributed by atoms with Crippen LogP contribution in [-0.4, -0.2) is 21.4 Å². The monoisotopic (exact) mass is 300 g/mol. The molecule has 0 N–H and O–H groups in total. The van der Waals surface area contributed by atoms with E-state index in [0.717, 1.165) is 0 Å². The standard InChI is InChI=1S/C2H2Cl4.C2H4Cl2.ClH/c3-1(4)2(5)6;3-1-2-4;/h1-2H;1-2H2;1H. The van der Waals surface area contributed by atoms with Crippen molar-refractivity contribution in [3.8, 4) is 0 Å². The summed E-state index contributed by atoms with van der Waals surface area (Å²) in [6.45, 7) is 0. The Balaban J connectivity index is -0.000000114. The highest BCUT2D eigenvalue weighted by molar-refractivity contribution is 6.56. The molecular formula is C4H7Cl7. The molecule has 0 aromatic carbocycles. The maximum absolute atomic E-state index is 5.11. The molecule has 0 rings (SSSR count). The van der Waals surface area contributed by atoms with Gasteiger partial charge in [0.05, 0.1) is 0 Å². The number of halogens is 7. The van der Waals surface area contributed by atoms with Gasteiger partial charge in [-0.25, -0.2) is 0 Å². The van der Waals surface area contributed by atoms with Crippen molar-refractivity contribution < 1.29 is 0 Å². The van der Waals surface area contributed by atoms with Gasteiger partial charge in [-0.2, -0.15) is 0 Å². The van der Waals surface area contributed by atoms with Gasteiger partial charge in [-0.15, -0.1) is 82.0 Å². The number of alkyl halides is 6. The summed E-state index contributed by atoms with van der Waals surface area (Å²) in [5.41, 5.74) is 0. The minimum absolute atomic E-state index is 0. The van der Waals surface area contributed by atoms with E-state index >= 15 is 0 Å². The summed E-state index contributed by atoms with van der Waals surface area (Å²) < 4.78 is 0. The topological polar surface area (TPSA) is 0 Å². The van der Waals surface area contributed by atoms with Crippen molar-refractivity contribution in [2.75, 3.05) is 11.8 Å². The Hall–Kier alpha value is 2.03. The van der Waals surface area contributed by atoms with Crippen LogP contribution in [0.2, 0.25) is 0 Å². The molecule has 0 amide bonds. The van der Waals surface area contributed by atoms with Crippen LogP contribution in [0.25, 0.3) is 0 Å². The van der Waals surface area contributed by atoms with Crippen LogP contribution in [0, 0.1) is 0 Å². The van der Waals surface area contributed by atoms with Gasteiger partial charge in [0.2, 0.25) is 0 Å². The van der Waals surface area contributed by atoms with Crippen molar-refractivity contribution in [3.05, 3.63) is 0 Å². The zero-order valence-electron chi connectivity index (χ0n) is 5.24. The Morgan fingerprint density at radius 3 is 0.909 bits per heavy atom. The lowest BCUT2D eigenvalue weighted by Gasteiger charge is -1.95. The zero-order chi connectivity index (χ0) is 8.57. The molecule has 0 saturated heterocycles. The molecule has 0 spiro atoms. The maximum Gasteiger partial charge on any atom is 0.137 e. The van der Waals surface area contributed by atoms with Gasteiger partial charge in [0, 0.05) is 11.8 Å². The first-order valence-electron chi connectivity index (χ1n) is 2.24. The molecule has 0 aliphatic carbocycles. The number of rotatable bonds is 2. The van der Waals surface area contributed by atoms with Gasteiger partial charge in [0.15, 0.2) is 0 Å². The van der Waals surface area contributed by atoms with Crippen molar-refractivity contribution in [1.29, 1.82) is 0 Å². The Bertz CT molecular complexity index is 46.4.